The lowest BCUT2D eigenvalue weighted by Crippen LogP contribution is -2.35. The second-order valence-electron chi connectivity index (χ2n) is 5.89. The van der Waals surface area contributed by atoms with E-state index < -0.39 is 11.9 Å². The van der Waals surface area contributed by atoms with Gasteiger partial charge in [0, 0.05) is 25.3 Å². The van der Waals surface area contributed by atoms with E-state index in [4.69, 9.17) is 4.74 Å². The first-order valence-electron chi connectivity index (χ1n) is 8.16. The molecule has 1 fully saturated rings. The van der Waals surface area contributed by atoms with Crippen LogP contribution in [0.3, 0.4) is 0 Å². The zero-order valence-corrected chi connectivity index (χ0v) is 13.8. The Morgan fingerprint density at radius 3 is 2.28 bits per heavy atom. The summed E-state index contributed by atoms with van der Waals surface area (Å²) >= 11 is 0. The molecule has 3 rings (SSSR count). The van der Waals surface area contributed by atoms with Crippen molar-refractivity contribution in [2.75, 3.05) is 31.6 Å². The van der Waals surface area contributed by atoms with E-state index in [-0.39, 0.29) is 11.1 Å². The maximum atomic E-state index is 12.3. The lowest BCUT2D eigenvalue weighted by molar-refractivity contribution is 0.0342. The summed E-state index contributed by atoms with van der Waals surface area (Å²) in [5.74, 6) is -1.55. The molecule has 1 amide bonds. The quantitative estimate of drug-likeness (QED) is 0.874. The molecule has 1 aliphatic heterocycles. The van der Waals surface area contributed by atoms with Crippen LogP contribution in [0.15, 0.2) is 48.5 Å². The van der Waals surface area contributed by atoms with E-state index in [0.29, 0.717) is 5.69 Å². The second-order valence-corrected chi connectivity index (χ2v) is 5.89. The van der Waals surface area contributed by atoms with Crippen LogP contribution in [0.25, 0.3) is 0 Å². The van der Waals surface area contributed by atoms with Crippen LogP contribution in [-0.4, -0.2) is 48.2 Å². The first-order chi connectivity index (χ1) is 12.1. The van der Waals surface area contributed by atoms with Gasteiger partial charge in [0.2, 0.25) is 0 Å². The van der Waals surface area contributed by atoms with Crippen LogP contribution < -0.4 is 5.32 Å². The van der Waals surface area contributed by atoms with Gasteiger partial charge in [-0.25, -0.2) is 4.79 Å². The predicted molar refractivity (Wildman–Crippen MR) is 93.9 cm³/mol. The van der Waals surface area contributed by atoms with Crippen LogP contribution in [0.2, 0.25) is 0 Å². The van der Waals surface area contributed by atoms with Crippen molar-refractivity contribution in [1.29, 1.82) is 0 Å². The minimum atomic E-state index is -1.12. The third-order valence-electron chi connectivity index (χ3n) is 4.12. The number of hydrogen-bond acceptors (Lipinski definition) is 4. The molecule has 0 bridgehead atoms. The van der Waals surface area contributed by atoms with Gasteiger partial charge in [0.05, 0.1) is 24.3 Å². The van der Waals surface area contributed by atoms with Crippen molar-refractivity contribution >= 4 is 17.6 Å². The molecule has 25 heavy (non-hydrogen) atoms. The maximum Gasteiger partial charge on any atom is 0.336 e. The van der Waals surface area contributed by atoms with Crippen molar-refractivity contribution in [1.82, 2.24) is 4.90 Å². The molecule has 0 unspecified atom stereocenters. The van der Waals surface area contributed by atoms with Gasteiger partial charge < -0.3 is 15.2 Å². The first kappa shape index (κ1) is 17.1. The molecular weight excluding hydrogens is 320 g/mol. The summed E-state index contributed by atoms with van der Waals surface area (Å²) < 4.78 is 5.34. The number of nitrogens with zero attached hydrogens (tertiary/aromatic N) is 1. The van der Waals surface area contributed by atoms with Crippen molar-refractivity contribution in [2.24, 2.45) is 0 Å². The highest BCUT2D eigenvalue weighted by Gasteiger charge is 2.16. The molecule has 1 aliphatic rings. The molecule has 6 heteroatoms. The highest BCUT2D eigenvalue weighted by Crippen LogP contribution is 2.15. The normalized spacial score (nSPS) is 14.9. The third kappa shape index (κ3) is 4.43. The molecule has 0 saturated carbocycles. The van der Waals surface area contributed by atoms with Gasteiger partial charge in [-0.15, -0.1) is 0 Å². The van der Waals surface area contributed by atoms with Gasteiger partial charge in [-0.2, -0.15) is 0 Å². The Morgan fingerprint density at radius 2 is 1.64 bits per heavy atom. The van der Waals surface area contributed by atoms with Crippen LogP contribution >= 0.6 is 0 Å². The number of benzene rings is 2. The van der Waals surface area contributed by atoms with Gasteiger partial charge in [0.15, 0.2) is 0 Å². The van der Waals surface area contributed by atoms with Crippen LogP contribution in [0.5, 0.6) is 0 Å². The number of carboxylic acids is 1. The van der Waals surface area contributed by atoms with Gasteiger partial charge in [-0.3, -0.25) is 9.69 Å². The second kappa shape index (κ2) is 7.92. The van der Waals surface area contributed by atoms with Gasteiger partial charge >= 0.3 is 5.97 Å². The van der Waals surface area contributed by atoms with E-state index in [1.165, 1.54) is 12.1 Å². The maximum absolute atomic E-state index is 12.3. The zero-order valence-electron chi connectivity index (χ0n) is 13.8. The van der Waals surface area contributed by atoms with E-state index in [1.807, 2.05) is 24.3 Å². The van der Waals surface area contributed by atoms with Crippen molar-refractivity contribution in [3.05, 3.63) is 65.2 Å². The number of morpholine rings is 1. The Hall–Kier alpha value is -2.70. The number of carbonyl (C=O) groups excluding carboxylic acids is 1. The molecule has 2 N–H and O–H groups in total. The molecule has 2 aromatic carbocycles. The molecule has 2 aromatic rings. The number of aromatic carboxylic acids is 1. The first-order valence-corrected chi connectivity index (χ1v) is 8.16. The summed E-state index contributed by atoms with van der Waals surface area (Å²) in [6.07, 6.45) is 0. The summed E-state index contributed by atoms with van der Waals surface area (Å²) in [6, 6.07) is 13.8. The van der Waals surface area contributed by atoms with Gasteiger partial charge in [-0.1, -0.05) is 24.3 Å². The lowest BCUT2D eigenvalue weighted by atomic mass is 10.1. The van der Waals surface area contributed by atoms with Crippen molar-refractivity contribution in [2.45, 2.75) is 6.54 Å². The van der Waals surface area contributed by atoms with Gasteiger partial charge in [0.1, 0.15) is 0 Å². The highest BCUT2D eigenvalue weighted by molar-refractivity contribution is 6.10. The topological polar surface area (TPSA) is 78.9 Å². The Bertz CT molecular complexity index is 752. The number of amides is 1. The Kier molecular flexibility index (Phi) is 5.42. The molecule has 130 valence electrons. The van der Waals surface area contributed by atoms with Gasteiger partial charge in [0.25, 0.3) is 5.91 Å². The number of nitrogens with one attached hydrogen (secondary N) is 1. The molecule has 0 atom stereocenters. The minimum Gasteiger partial charge on any atom is -0.478 e. The predicted octanol–water partition coefficient (Wildman–Crippen LogP) is 2.47. The van der Waals surface area contributed by atoms with Crippen molar-refractivity contribution in [3.63, 3.8) is 0 Å². The zero-order chi connectivity index (χ0) is 17.6. The van der Waals surface area contributed by atoms with Crippen LogP contribution in [0.4, 0.5) is 5.69 Å². The van der Waals surface area contributed by atoms with Crippen molar-refractivity contribution in [3.8, 4) is 0 Å². The Balaban J connectivity index is 1.65. The minimum absolute atomic E-state index is 0.0102. The molecule has 0 aromatic heterocycles. The molecular formula is C19H20N2O4. The molecule has 6 nitrogen and oxygen atoms in total. The monoisotopic (exact) mass is 340 g/mol. The number of hydrogen-bond donors (Lipinski definition) is 2. The smallest absolute Gasteiger partial charge is 0.336 e. The average Bonchev–Trinajstić information content (AvgIpc) is 2.64. The number of carbonyl (C=O) groups is 2. The fourth-order valence-electron chi connectivity index (χ4n) is 2.78. The summed E-state index contributed by atoms with van der Waals surface area (Å²) in [5, 5.41) is 11.9. The summed E-state index contributed by atoms with van der Waals surface area (Å²) in [7, 11) is 0. The van der Waals surface area contributed by atoms with E-state index in [1.54, 1.807) is 12.1 Å². The van der Waals surface area contributed by atoms with Crippen LogP contribution in [0.1, 0.15) is 26.3 Å². The summed E-state index contributed by atoms with van der Waals surface area (Å²) in [6.45, 7) is 4.21. The number of ether oxygens (including phenoxy) is 1. The van der Waals surface area contributed by atoms with E-state index in [0.717, 1.165) is 38.4 Å². The number of anilines is 1. The van der Waals surface area contributed by atoms with E-state index >= 15 is 0 Å². The fourth-order valence-corrected chi connectivity index (χ4v) is 2.78. The Morgan fingerprint density at radius 1 is 1.00 bits per heavy atom. The van der Waals surface area contributed by atoms with Crippen LogP contribution in [0, 0.1) is 0 Å². The molecule has 1 heterocycles. The van der Waals surface area contributed by atoms with Gasteiger partial charge in [-0.05, 0) is 29.8 Å². The largest absolute Gasteiger partial charge is 0.478 e. The Labute approximate surface area is 146 Å². The lowest BCUT2D eigenvalue weighted by Gasteiger charge is -2.26. The number of carboxylic acid groups (broad SMARTS) is 1. The van der Waals surface area contributed by atoms with Crippen LogP contribution in [-0.2, 0) is 11.3 Å². The SMILES string of the molecule is O=C(O)c1ccccc1C(=O)Nc1ccc(CN2CCOCC2)cc1. The molecule has 1 saturated heterocycles. The number of rotatable bonds is 5. The molecule has 0 radical (unpaired) electrons. The van der Waals surface area contributed by atoms with E-state index in [2.05, 4.69) is 10.2 Å². The van der Waals surface area contributed by atoms with E-state index in [9.17, 15) is 14.7 Å². The third-order valence-corrected chi connectivity index (χ3v) is 4.12. The highest BCUT2D eigenvalue weighted by atomic mass is 16.5. The fraction of sp³-hybridized carbons (Fsp3) is 0.263. The summed E-state index contributed by atoms with van der Waals surface area (Å²) in [5.41, 5.74) is 1.93. The summed E-state index contributed by atoms with van der Waals surface area (Å²) in [4.78, 5) is 25.9. The standard InChI is InChI=1S/C19H20N2O4/c22-18(16-3-1-2-4-17(16)19(23)24)20-15-7-5-14(6-8-15)13-21-9-11-25-12-10-21/h1-8H,9-13H2,(H,20,22)(H,23,24). The van der Waals surface area contributed by atoms with Crippen molar-refractivity contribution < 1.29 is 19.4 Å². The molecule has 0 spiro atoms. The average molecular weight is 340 g/mol. The molecule has 0 aliphatic carbocycles.